The van der Waals surface area contributed by atoms with Crippen LogP contribution in [0.3, 0.4) is 0 Å². The Morgan fingerprint density at radius 1 is 1.29 bits per heavy atom. The maximum absolute atomic E-state index is 12.9. The smallest absolute Gasteiger partial charge is 0.242 e. The Bertz CT molecular complexity index is 852. The Balaban J connectivity index is 1.53. The number of carbonyl (C=O) groups excluding carboxylic acids is 1. The minimum absolute atomic E-state index is 0.163. The van der Waals surface area contributed by atoms with E-state index in [2.05, 4.69) is 10.1 Å². The average Bonchev–Trinajstić information content (AvgIpc) is 3.30. The summed E-state index contributed by atoms with van der Waals surface area (Å²) in [4.78, 5) is 19.5. The number of fused-ring (bicyclic) bond motifs is 1. The van der Waals surface area contributed by atoms with Gasteiger partial charge in [0.25, 0.3) is 0 Å². The number of likely N-dealkylation sites (tertiary alicyclic amines) is 1. The summed E-state index contributed by atoms with van der Waals surface area (Å²) < 4.78 is 3.93. The van der Waals surface area contributed by atoms with Crippen LogP contribution in [0.5, 0.6) is 0 Å². The van der Waals surface area contributed by atoms with Crippen molar-refractivity contribution in [1.82, 2.24) is 24.2 Å². The number of para-hydroxylation sites is 2. The highest BCUT2D eigenvalue weighted by molar-refractivity contribution is 5.81. The predicted molar refractivity (Wildman–Crippen MR) is 91.4 cm³/mol. The maximum Gasteiger partial charge on any atom is 0.242 e. The minimum atomic E-state index is 0.163. The lowest BCUT2D eigenvalue weighted by Gasteiger charge is -2.25. The molecule has 1 aliphatic heterocycles. The Morgan fingerprint density at radius 3 is 3.00 bits per heavy atom. The normalized spacial score (nSPS) is 17.7. The Hall–Kier alpha value is -2.63. The number of hydrogen-bond acceptors (Lipinski definition) is 3. The van der Waals surface area contributed by atoms with Gasteiger partial charge in [0.05, 0.1) is 23.6 Å². The number of aromatic nitrogens is 4. The summed E-state index contributed by atoms with van der Waals surface area (Å²) >= 11 is 0. The summed E-state index contributed by atoms with van der Waals surface area (Å²) in [5.41, 5.74) is 1.96. The molecule has 0 bridgehead atoms. The molecule has 0 spiro atoms. The van der Waals surface area contributed by atoms with Crippen molar-refractivity contribution in [3.63, 3.8) is 0 Å². The summed E-state index contributed by atoms with van der Waals surface area (Å²) in [5.74, 6) is 1.04. The number of benzene rings is 1. The highest BCUT2D eigenvalue weighted by Gasteiger charge is 2.29. The Labute approximate surface area is 140 Å². The van der Waals surface area contributed by atoms with Gasteiger partial charge in [0.15, 0.2) is 0 Å². The molecule has 4 rings (SSSR count). The van der Waals surface area contributed by atoms with Gasteiger partial charge in [-0.2, -0.15) is 5.10 Å². The highest BCUT2D eigenvalue weighted by atomic mass is 16.2. The van der Waals surface area contributed by atoms with E-state index in [0.717, 1.165) is 42.8 Å². The molecule has 1 amide bonds. The van der Waals surface area contributed by atoms with Gasteiger partial charge in [-0.15, -0.1) is 0 Å². The summed E-state index contributed by atoms with van der Waals surface area (Å²) in [6, 6.07) is 10.1. The van der Waals surface area contributed by atoms with E-state index in [9.17, 15) is 4.79 Å². The zero-order valence-electron chi connectivity index (χ0n) is 13.8. The number of carbonyl (C=O) groups is 1. The maximum atomic E-state index is 12.9. The molecule has 24 heavy (non-hydrogen) atoms. The van der Waals surface area contributed by atoms with Crippen LogP contribution in [-0.4, -0.2) is 42.7 Å². The van der Waals surface area contributed by atoms with Crippen LogP contribution in [0, 0.1) is 6.92 Å². The van der Waals surface area contributed by atoms with E-state index >= 15 is 0 Å². The molecule has 1 atom stereocenters. The third-order valence-electron chi connectivity index (χ3n) is 4.79. The molecule has 0 aliphatic carbocycles. The van der Waals surface area contributed by atoms with Crippen molar-refractivity contribution in [2.75, 3.05) is 6.54 Å². The molecule has 3 heterocycles. The van der Waals surface area contributed by atoms with Crippen molar-refractivity contribution in [2.45, 2.75) is 38.9 Å². The summed E-state index contributed by atoms with van der Waals surface area (Å²) in [6.07, 6.45) is 5.83. The van der Waals surface area contributed by atoms with E-state index in [0.29, 0.717) is 6.54 Å². The first-order valence-corrected chi connectivity index (χ1v) is 8.41. The first-order valence-electron chi connectivity index (χ1n) is 8.41. The Morgan fingerprint density at radius 2 is 2.17 bits per heavy atom. The highest BCUT2D eigenvalue weighted by Crippen LogP contribution is 2.21. The molecule has 0 unspecified atom stereocenters. The molecule has 6 heteroatoms. The van der Waals surface area contributed by atoms with E-state index in [1.807, 2.05) is 57.6 Å². The number of nitrogens with zero attached hydrogens (tertiary/aromatic N) is 5. The first-order chi connectivity index (χ1) is 11.7. The molecule has 0 radical (unpaired) electrons. The second-order valence-corrected chi connectivity index (χ2v) is 6.35. The number of amides is 1. The molecule has 124 valence electrons. The van der Waals surface area contributed by atoms with Crippen LogP contribution in [0.4, 0.5) is 0 Å². The van der Waals surface area contributed by atoms with Crippen LogP contribution >= 0.6 is 0 Å². The zero-order valence-corrected chi connectivity index (χ0v) is 13.8. The van der Waals surface area contributed by atoms with Crippen LogP contribution in [0.2, 0.25) is 0 Å². The lowest BCUT2D eigenvalue weighted by atomic mass is 10.2. The van der Waals surface area contributed by atoms with Crippen LogP contribution in [0.1, 0.15) is 18.7 Å². The van der Waals surface area contributed by atoms with E-state index in [1.165, 1.54) is 0 Å². The van der Waals surface area contributed by atoms with Gasteiger partial charge in [-0.3, -0.25) is 9.48 Å². The average molecular weight is 323 g/mol. The van der Waals surface area contributed by atoms with Gasteiger partial charge in [0.1, 0.15) is 12.4 Å². The van der Waals surface area contributed by atoms with E-state index in [4.69, 9.17) is 0 Å². The molecule has 0 saturated carbocycles. The second-order valence-electron chi connectivity index (χ2n) is 6.35. The number of aryl methyl sites for hydroxylation is 1. The molecule has 2 aromatic heterocycles. The molecule has 1 saturated heterocycles. The molecular formula is C18H21N5O. The standard InChI is InChI=1S/C18H21N5O/c1-14-20-16-7-2-3-8-17(16)23(14)13-18(24)22-11-4-6-15(22)12-21-10-5-9-19-21/h2-3,5,7-10,15H,4,6,11-13H2,1H3/t15-/m1/s1. The fraction of sp³-hybridized carbons (Fsp3) is 0.389. The van der Waals surface area contributed by atoms with Crippen LogP contribution in [0.15, 0.2) is 42.7 Å². The summed E-state index contributed by atoms with van der Waals surface area (Å²) in [7, 11) is 0. The molecule has 1 aromatic carbocycles. The van der Waals surface area contributed by atoms with Crippen molar-refractivity contribution in [3.8, 4) is 0 Å². The molecule has 6 nitrogen and oxygen atoms in total. The van der Waals surface area contributed by atoms with Crippen LogP contribution in [0.25, 0.3) is 11.0 Å². The molecule has 3 aromatic rings. The summed E-state index contributed by atoms with van der Waals surface area (Å²) in [5, 5.41) is 4.27. The first kappa shape index (κ1) is 14.9. The van der Waals surface area contributed by atoms with Gasteiger partial charge in [-0.1, -0.05) is 12.1 Å². The van der Waals surface area contributed by atoms with E-state index in [1.54, 1.807) is 6.20 Å². The lowest BCUT2D eigenvalue weighted by molar-refractivity contribution is -0.132. The predicted octanol–water partition coefficient (Wildman–Crippen LogP) is 2.23. The third-order valence-corrected chi connectivity index (χ3v) is 4.79. The Kier molecular flexibility index (Phi) is 3.80. The van der Waals surface area contributed by atoms with Gasteiger partial charge >= 0.3 is 0 Å². The van der Waals surface area contributed by atoms with Crippen LogP contribution in [-0.2, 0) is 17.9 Å². The molecule has 1 aliphatic rings. The number of rotatable bonds is 4. The fourth-order valence-electron chi connectivity index (χ4n) is 3.60. The van der Waals surface area contributed by atoms with Crippen LogP contribution < -0.4 is 0 Å². The zero-order chi connectivity index (χ0) is 16.5. The monoisotopic (exact) mass is 323 g/mol. The van der Waals surface area contributed by atoms with Crippen molar-refractivity contribution >= 4 is 16.9 Å². The number of hydrogen-bond donors (Lipinski definition) is 0. The largest absolute Gasteiger partial charge is 0.336 e. The van der Waals surface area contributed by atoms with Gasteiger partial charge in [-0.25, -0.2) is 4.98 Å². The van der Waals surface area contributed by atoms with Gasteiger partial charge in [-0.05, 0) is 38.0 Å². The van der Waals surface area contributed by atoms with Crippen molar-refractivity contribution in [3.05, 3.63) is 48.5 Å². The topological polar surface area (TPSA) is 56.0 Å². The second kappa shape index (κ2) is 6.11. The van der Waals surface area contributed by atoms with Gasteiger partial charge < -0.3 is 9.47 Å². The van der Waals surface area contributed by atoms with Gasteiger partial charge in [0.2, 0.25) is 5.91 Å². The third kappa shape index (κ3) is 2.68. The molecule has 1 fully saturated rings. The van der Waals surface area contributed by atoms with Crippen molar-refractivity contribution < 1.29 is 4.79 Å². The SMILES string of the molecule is Cc1nc2ccccc2n1CC(=O)N1CCC[C@@H]1Cn1cccn1. The molecule has 0 N–H and O–H groups in total. The summed E-state index contributed by atoms with van der Waals surface area (Å²) in [6.45, 7) is 3.90. The van der Waals surface area contributed by atoms with Crippen molar-refractivity contribution in [1.29, 1.82) is 0 Å². The lowest BCUT2D eigenvalue weighted by Crippen LogP contribution is -2.40. The van der Waals surface area contributed by atoms with E-state index < -0.39 is 0 Å². The van der Waals surface area contributed by atoms with Crippen molar-refractivity contribution in [2.24, 2.45) is 0 Å². The number of imidazole rings is 1. The molecular weight excluding hydrogens is 302 g/mol. The van der Waals surface area contributed by atoms with Gasteiger partial charge in [0, 0.05) is 18.9 Å². The van der Waals surface area contributed by atoms with E-state index in [-0.39, 0.29) is 11.9 Å². The minimum Gasteiger partial charge on any atom is -0.336 e. The fourth-order valence-corrected chi connectivity index (χ4v) is 3.60. The quantitative estimate of drug-likeness (QED) is 0.740.